The molecule has 0 aromatic rings. The van der Waals surface area contributed by atoms with E-state index in [-0.39, 0.29) is 5.92 Å². The maximum Gasteiger partial charge on any atom is 0.225 e. The molecule has 5 heteroatoms. The molecule has 1 aliphatic rings. The monoisotopic (exact) mass is 257 g/mol. The second-order valence-corrected chi connectivity index (χ2v) is 5.03. The van der Waals surface area contributed by atoms with E-state index in [2.05, 4.69) is 18.7 Å². The molecule has 0 aliphatic carbocycles. The highest BCUT2D eigenvalue weighted by molar-refractivity contribution is 5.78. The summed E-state index contributed by atoms with van der Waals surface area (Å²) in [4.78, 5) is 16.3. The number of carbonyl (C=O) groups is 1. The number of aliphatic hydroxyl groups excluding tert-OH is 1. The van der Waals surface area contributed by atoms with Gasteiger partial charge in [-0.25, -0.2) is 0 Å². The Morgan fingerprint density at radius 3 is 2.22 bits per heavy atom. The van der Waals surface area contributed by atoms with E-state index in [1.807, 2.05) is 4.90 Å². The predicted molar refractivity (Wildman–Crippen MR) is 72.2 cm³/mol. The van der Waals surface area contributed by atoms with E-state index in [4.69, 9.17) is 5.73 Å². The fourth-order valence-corrected chi connectivity index (χ4v) is 2.42. The van der Waals surface area contributed by atoms with Crippen molar-refractivity contribution in [3.63, 3.8) is 0 Å². The zero-order valence-electron chi connectivity index (χ0n) is 11.6. The number of rotatable bonds is 6. The molecule has 0 aromatic carbocycles. The van der Waals surface area contributed by atoms with Gasteiger partial charge in [-0.2, -0.15) is 0 Å². The van der Waals surface area contributed by atoms with Crippen molar-refractivity contribution in [2.45, 2.75) is 32.8 Å². The molecule has 5 nitrogen and oxygen atoms in total. The number of aliphatic hydroxyl groups is 1. The van der Waals surface area contributed by atoms with Crippen molar-refractivity contribution in [2.24, 2.45) is 11.7 Å². The maximum absolute atomic E-state index is 12.2. The van der Waals surface area contributed by atoms with Crippen molar-refractivity contribution in [1.82, 2.24) is 9.80 Å². The number of carbonyl (C=O) groups excluding carboxylic acids is 1. The minimum absolute atomic E-state index is 0.172. The highest BCUT2D eigenvalue weighted by atomic mass is 16.3. The first-order valence-electron chi connectivity index (χ1n) is 7.01. The van der Waals surface area contributed by atoms with Gasteiger partial charge in [0.25, 0.3) is 0 Å². The SMILES string of the molecule is CCC(CC)C(=O)N1CCN(CC(O)CN)CC1. The van der Waals surface area contributed by atoms with E-state index < -0.39 is 6.10 Å². The number of β-amino-alcohol motifs (C(OH)–C–C–N with tert-alkyl or cyclic N) is 1. The topological polar surface area (TPSA) is 69.8 Å². The van der Waals surface area contributed by atoms with Gasteiger partial charge in [0.05, 0.1) is 6.10 Å². The lowest BCUT2D eigenvalue weighted by atomic mass is 10.0. The molecule has 1 heterocycles. The lowest BCUT2D eigenvalue weighted by Gasteiger charge is -2.36. The van der Waals surface area contributed by atoms with Crippen molar-refractivity contribution in [3.8, 4) is 0 Å². The number of nitrogens with two attached hydrogens (primary N) is 1. The highest BCUT2D eigenvalue weighted by Gasteiger charge is 2.25. The Morgan fingerprint density at radius 2 is 1.78 bits per heavy atom. The van der Waals surface area contributed by atoms with Gasteiger partial charge in [0.1, 0.15) is 0 Å². The average molecular weight is 257 g/mol. The lowest BCUT2D eigenvalue weighted by molar-refractivity contribution is -0.137. The maximum atomic E-state index is 12.2. The lowest BCUT2D eigenvalue weighted by Crippen LogP contribution is -2.52. The van der Waals surface area contributed by atoms with Crippen LogP contribution in [0.15, 0.2) is 0 Å². The van der Waals surface area contributed by atoms with Gasteiger partial charge < -0.3 is 15.7 Å². The summed E-state index contributed by atoms with van der Waals surface area (Å²) in [5.74, 6) is 0.463. The average Bonchev–Trinajstić information content (AvgIpc) is 2.40. The molecule has 0 aromatic heterocycles. The first kappa shape index (κ1) is 15.4. The summed E-state index contributed by atoms with van der Waals surface area (Å²) >= 11 is 0. The van der Waals surface area contributed by atoms with E-state index in [1.165, 1.54) is 0 Å². The molecule has 0 bridgehead atoms. The summed E-state index contributed by atoms with van der Waals surface area (Å²) in [6.07, 6.45) is 1.38. The second kappa shape index (κ2) is 7.71. The summed E-state index contributed by atoms with van der Waals surface area (Å²) in [5.41, 5.74) is 5.40. The minimum atomic E-state index is -0.453. The Balaban J connectivity index is 2.36. The fourth-order valence-electron chi connectivity index (χ4n) is 2.42. The third-order valence-electron chi connectivity index (χ3n) is 3.76. The number of piperazine rings is 1. The van der Waals surface area contributed by atoms with Crippen LogP contribution in [0.4, 0.5) is 0 Å². The smallest absolute Gasteiger partial charge is 0.225 e. The second-order valence-electron chi connectivity index (χ2n) is 5.03. The molecule has 106 valence electrons. The van der Waals surface area contributed by atoms with Crippen LogP contribution in [0.3, 0.4) is 0 Å². The molecule has 1 rings (SSSR count). The van der Waals surface area contributed by atoms with Crippen molar-refractivity contribution < 1.29 is 9.90 Å². The summed E-state index contributed by atoms with van der Waals surface area (Å²) in [6.45, 7) is 8.27. The van der Waals surface area contributed by atoms with Crippen molar-refractivity contribution in [1.29, 1.82) is 0 Å². The molecule has 1 aliphatic heterocycles. The largest absolute Gasteiger partial charge is 0.390 e. The van der Waals surface area contributed by atoms with Crippen molar-refractivity contribution in [2.75, 3.05) is 39.3 Å². The van der Waals surface area contributed by atoms with Gasteiger partial charge in [-0.1, -0.05) is 13.8 Å². The van der Waals surface area contributed by atoms with Gasteiger partial charge in [-0.3, -0.25) is 9.69 Å². The summed E-state index contributed by atoms with van der Waals surface area (Å²) < 4.78 is 0. The van der Waals surface area contributed by atoms with Crippen LogP contribution in [0.1, 0.15) is 26.7 Å². The van der Waals surface area contributed by atoms with E-state index in [9.17, 15) is 9.90 Å². The Hall–Kier alpha value is -0.650. The summed E-state index contributed by atoms with van der Waals surface area (Å²) in [5, 5.41) is 9.50. The molecule has 1 fully saturated rings. The number of hydrogen-bond acceptors (Lipinski definition) is 4. The molecule has 1 saturated heterocycles. The zero-order valence-corrected chi connectivity index (χ0v) is 11.6. The van der Waals surface area contributed by atoms with Gasteiger partial charge in [0.15, 0.2) is 0 Å². The third-order valence-corrected chi connectivity index (χ3v) is 3.76. The first-order chi connectivity index (χ1) is 8.62. The Labute approximate surface area is 110 Å². The predicted octanol–water partition coefficient (Wildman–Crippen LogP) is -0.114. The van der Waals surface area contributed by atoms with Gasteiger partial charge in [-0.05, 0) is 12.8 Å². The normalized spacial score (nSPS) is 19.3. The minimum Gasteiger partial charge on any atom is -0.390 e. The van der Waals surface area contributed by atoms with Crippen molar-refractivity contribution >= 4 is 5.91 Å². The molecule has 1 unspecified atom stereocenters. The Morgan fingerprint density at radius 1 is 1.22 bits per heavy atom. The van der Waals surface area contributed by atoms with Crippen LogP contribution < -0.4 is 5.73 Å². The zero-order chi connectivity index (χ0) is 13.5. The van der Waals surface area contributed by atoms with Crippen LogP contribution >= 0.6 is 0 Å². The van der Waals surface area contributed by atoms with Gasteiger partial charge in [0.2, 0.25) is 5.91 Å². The summed E-state index contributed by atoms with van der Waals surface area (Å²) in [6, 6.07) is 0. The molecule has 0 saturated carbocycles. The Bertz CT molecular complexity index is 249. The van der Waals surface area contributed by atoms with Crippen molar-refractivity contribution in [3.05, 3.63) is 0 Å². The molecular weight excluding hydrogens is 230 g/mol. The molecule has 1 amide bonds. The molecule has 18 heavy (non-hydrogen) atoms. The molecule has 3 N–H and O–H groups in total. The summed E-state index contributed by atoms with van der Waals surface area (Å²) in [7, 11) is 0. The number of nitrogens with zero attached hydrogens (tertiary/aromatic N) is 2. The van der Waals surface area contributed by atoms with Crippen LogP contribution in [-0.2, 0) is 4.79 Å². The number of hydrogen-bond donors (Lipinski definition) is 2. The molecule has 0 spiro atoms. The van der Waals surface area contributed by atoms with Gasteiger partial charge in [-0.15, -0.1) is 0 Å². The molecular formula is C13H27N3O2. The van der Waals surface area contributed by atoms with Gasteiger partial charge >= 0.3 is 0 Å². The van der Waals surface area contributed by atoms with Gasteiger partial charge in [0, 0.05) is 45.2 Å². The Kier molecular flexibility index (Phi) is 6.60. The van der Waals surface area contributed by atoms with Crippen LogP contribution in [0.5, 0.6) is 0 Å². The quantitative estimate of drug-likeness (QED) is 0.696. The standard InChI is InChI=1S/C13H27N3O2/c1-3-11(4-2)13(18)16-7-5-15(6-8-16)10-12(17)9-14/h11-12,17H,3-10,14H2,1-2H3. The van der Waals surface area contributed by atoms with Crippen LogP contribution in [0.2, 0.25) is 0 Å². The van der Waals surface area contributed by atoms with E-state index in [0.29, 0.717) is 19.0 Å². The molecule has 0 radical (unpaired) electrons. The molecule has 1 atom stereocenters. The third kappa shape index (κ3) is 4.23. The van der Waals surface area contributed by atoms with Crippen LogP contribution in [0, 0.1) is 5.92 Å². The highest BCUT2D eigenvalue weighted by Crippen LogP contribution is 2.14. The first-order valence-corrected chi connectivity index (χ1v) is 7.01. The number of amides is 1. The van der Waals surface area contributed by atoms with E-state index >= 15 is 0 Å². The van der Waals surface area contributed by atoms with Crippen LogP contribution in [0.25, 0.3) is 0 Å². The van der Waals surface area contributed by atoms with Crippen LogP contribution in [-0.4, -0.2) is 66.2 Å². The van der Waals surface area contributed by atoms with E-state index in [0.717, 1.165) is 39.0 Å². The van der Waals surface area contributed by atoms with E-state index in [1.54, 1.807) is 0 Å². The fraction of sp³-hybridized carbons (Fsp3) is 0.923.